The number of hydrogen-bond donors (Lipinski definition) is 2. The third-order valence-electron chi connectivity index (χ3n) is 3.53. The number of nitrogens with zero attached hydrogens (tertiary/aromatic N) is 2. The van der Waals surface area contributed by atoms with Gasteiger partial charge in [-0.15, -0.1) is 0 Å². The van der Waals surface area contributed by atoms with Gasteiger partial charge in [-0.2, -0.15) is 0 Å². The van der Waals surface area contributed by atoms with Gasteiger partial charge in [0.25, 0.3) is 0 Å². The number of nitrogens with one attached hydrogen (secondary N) is 2. The van der Waals surface area contributed by atoms with Crippen LogP contribution < -0.4 is 10.6 Å². The molecular formula is C14H23ClN4O. The van der Waals surface area contributed by atoms with Crippen molar-refractivity contribution < 1.29 is 4.74 Å². The molecule has 0 spiro atoms. The summed E-state index contributed by atoms with van der Waals surface area (Å²) >= 11 is 6.05. The molecule has 6 heteroatoms. The second-order valence-electron chi connectivity index (χ2n) is 5.44. The van der Waals surface area contributed by atoms with Gasteiger partial charge in [-0.3, -0.25) is 0 Å². The molecule has 1 aromatic rings. The van der Waals surface area contributed by atoms with E-state index in [0.29, 0.717) is 23.4 Å². The van der Waals surface area contributed by atoms with Crippen LogP contribution >= 0.6 is 11.6 Å². The number of hydrogen-bond acceptors (Lipinski definition) is 5. The fourth-order valence-electron chi connectivity index (χ4n) is 2.62. The first kappa shape index (κ1) is 15.3. The van der Waals surface area contributed by atoms with E-state index in [1.165, 1.54) is 6.33 Å². The number of halogens is 1. The lowest BCUT2D eigenvalue weighted by atomic mass is 9.93. The molecule has 0 aliphatic heterocycles. The fourth-order valence-corrected chi connectivity index (χ4v) is 2.84. The average molecular weight is 299 g/mol. The predicted molar refractivity (Wildman–Crippen MR) is 82.5 cm³/mol. The third kappa shape index (κ3) is 3.96. The summed E-state index contributed by atoms with van der Waals surface area (Å²) in [5.74, 6) is 0.778. The maximum atomic E-state index is 6.05. The van der Waals surface area contributed by atoms with Crippen LogP contribution in [-0.4, -0.2) is 35.3 Å². The van der Waals surface area contributed by atoms with E-state index < -0.39 is 0 Å². The van der Waals surface area contributed by atoms with E-state index >= 15 is 0 Å². The lowest BCUT2D eigenvalue weighted by molar-refractivity contribution is -0.0133. The van der Waals surface area contributed by atoms with Crippen molar-refractivity contribution in [1.29, 1.82) is 0 Å². The first-order valence-corrected chi connectivity index (χ1v) is 7.58. The summed E-state index contributed by atoms with van der Waals surface area (Å²) < 4.78 is 5.87. The zero-order valence-corrected chi connectivity index (χ0v) is 13.1. The summed E-state index contributed by atoms with van der Waals surface area (Å²) in [6.07, 6.45) is 6.53. The largest absolute Gasteiger partial charge is 0.383 e. The van der Waals surface area contributed by atoms with Gasteiger partial charge in [-0.25, -0.2) is 9.97 Å². The SMILES string of the molecule is CNc1c(Cl)ncnc1NC1CCC(OC(C)C)CC1. The second-order valence-corrected chi connectivity index (χ2v) is 5.80. The van der Waals surface area contributed by atoms with Crippen molar-refractivity contribution in [2.24, 2.45) is 0 Å². The smallest absolute Gasteiger partial charge is 0.157 e. The molecule has 0 aromatic carbocycles. The topological polar surface area (TPSA) is 59.1 Å². The average Bonchev–Trinajstić information content (AvgIpc) is 2.41. The van der Waals surface area contributed by atoms with Gasteiger partial charge >= 0.3 is 0 Å². The molecule has 1 aliphatic carbocycles. The Balaban J connectivity index is 1.91. The Morgan fingerprint density at radius 1 is 1.25 bits per heavy atom. The molecule has 112 valence electrons. The quantitative estimate of drug-likeness (QED) is 0.817. The molecule has 1 aliphatic rings. The third-order valence-corrected chi connectivity index (χ3v) is 3.82. The summed E-state index contributed by atoms with van der Waals surface area (Å²) in [4.78, 5) is 8.25. The van der Waals surface area contributed by atoms with Gasteiger partial charge in [-0.05, 0) is 39.5 Å². The molecule has 0 radical (unpaired) electrons. The van der Waals surface area contributed by atoms with Crippen molar-refractivity contribution in [2.75, 3.05) is 17.7 Å². The highest BCUT2D eigenvalue weighted by molar-refractivity contribution is 6.32. The molecule has 1 saturated carbocycles. The van der Waals surface area contributed by atoms with E-state index in [2.05, 4.69) is 34.4 Å². The summed E-state index contributed by atoms with van der Waals surface area (Å²) in [5, 5.41) is 6.95. The Labute approximate surface area is 125 Å². The minimum Gasteiger partial charge on any atom is -0.383 e. The van der Waals surface area contributed by atoms with Crippen molar-refractivity contribution in [3.63, 3.8) is 0 Å². The monoisotopic (exact) mass is 298 g/mol. The molecule has 0 bridgehead atoms. The predicted octanol–water partition coefficient (Wildman–Crippen LogP) is 3.32. The van der Waals surface area contributed by atoms with E-state index in [9.17, 15) is 0 Å². The molecule has 20 heavy (non-hydrogen) atoms. The van der Waals surface area contributed by atoms with Gasteiger partial charge in [0.15, 0.2) is 11.0 Å². The number of rotatable bonds is 5. The molecule has 1 fully saturated rings. The van der Waals surface area contributed by atoms with Crippen LogP contribution in [-0.2, 0) is 4.74 Å². The fraction of sp³-hybridized carbons (Fsp3) is 0.714. The maximum absolute atomic E-state index is 6.05. The minimum absolute atomic E-state index is 0.307. The molecule has 2 rings (SSSR count). The minimum atomic E-state index is 0.307. The second kappa shape index (κ2) is 7.09. The van der Waals surface area contributed by atoms with E-state index in [4.69, 9.17) is 16.3 Å². The molecule has 0 unspecified atom stereocenters. The van der Waals surface area contributed by atoms with Crippen LogP contribution in [0.4, 0.5) is 11.5 Å². The van der Waals surface area contributed by atoms with Crippen LogP contribution in [0.2, 0.25) is 5.15 Å². The maximum Gasteiger partial charge on any atom is 0.157 e. The molecular weight excluding hydrogens is 276 g/mol. The summed E-state index contributed by atoms with van der Waals surface area (Å²) in [7, 11) is 1.82. The summed E-state index contributed by atoms with van der Waals surface area (Å²) in [6.45, 7) is 4.18. The van der Waals surface area contributed by atoms with E-state index in [1.54, 1.807) is 0 Å². The van der Waals surface area contributed by atoms with Gasteiger partial charge in [0.2, 0.25) is 0 Å². The van der Waals surface area contributed by atoms with Crippen molar-refractivity contribution in [3.8, 4) is 0 Å². The van der Waals surface area contributed by atoms with Crippen LogP contribution in [0.3, 0.4) is 0 Å². The molecule has 5 nitrogen and oxygen atoms in total. The molecule has 0 saturated heterocycles. The highest BCUT2D eigenvalue weighted by Gasteiger charge is 2.23. The Hall–Kier alpha value is -1.07. The number of ether oxygens (including phenoxy) is 1. The van der Waals surface area contributed by atoms with Crippen LogP contribution in [0.1, 0.15) is 39.5 Å². The highest BCUT2D eigenvalue weighted by atomic mass is 35.5. The Kier molecular flexibility index (Phi) is 5.43. The lowest BCUT2D eigenvalue weighted by Gasteiger charge is -2.30. The van der Waals surface area contributed by atoms with Crippen molar-refractivity contribution in [2.45, 2.75) is 57.8 Å². The van der Waals surface area contributed by atoms with Gasteiger partial charge in [-0.1, -0.05) is 11.6 Å². The van der Waals surface area contributed by atoms with Gasteiger partial charge < -0.3 is 15.4 Å². The van der Waals surface area contributed by atoms with Crippen molar-refractivity contribution in [1.82, 2.24) is 9.97 Å². The molecule has 0 atom stereocenters. The van der Waals surface area contributed by atoms with Crippen molar-refractivity contribution >= 4 is 23.1 Å². The molecule has 2 N–H and O–H groups in total. The number of aromatic nitrogens is 2. The summed E-state index contributed by atoms with van der Waals surface area (Å²) in [6, 6.07) is 0.417. The Morgan fingerprint density at radius 3 is 2.55 bits per heavy atom. The van der Waals surface area contributed by atoms with Gasteiger partial charge in [0.05, 0.1) is 12.2 Å². The first-order valence-electron chi connectivity index (χ1n) is 7.20. The highest BCUT2D eigenvalue weighted by Crippen LogP contribution is 2.29. The molecule has 1 heterocycles. The molecule has 0 amide bonds. The lowest BCUT2D eigenvalue weighted by Crippen LogP contribution is -2.31. The Bertz CT molecular complexity index is 433. The zero-order chi connectivity index (χ0) is 14.5. The Morgan fingerprint density at radius 2 is 1.95 bits per heavy atom. The van der Waals surface area contributed by atoms with Gasteiger partial charge in [0.1, 0.15) is 12.0 Å². The molecule has 1 aromatic heterocycles. The summed E-state index contributed by atoms with van der Waals surface area (Å²) in [5.41, 5.74) is 0.759. The van der Waals surface area contributed by atoms with Crippen molar-refractivity contribution in [3.05, 3.63) is 11.5 Å². The normalized spacial score (nSPS) is 22.9. The van der Waals surface area contributed by atoms with Crippen LogP contribution in [0.25, 0.3) is 0 Å². The first-order chi connectivity index (χ1) is 9.60. The van der Waals surface area contributed by atoms with E-state index in [1.807, 2.05) is 7.05 Å². The van der Waals surface area contributed by atoms with E-state index in [0.717, 1.165) is 37.2 Å². The number of anilines is 2. The van der Waals surface area contributed by atoms with Crippen LogP contribution in [0.5, 0.6) is 0 Å². The standard InChI is InChI=1S/C14H23ClN4O/c1-9(2)20-11-6-4-10(5-7-11)19-14-12(16-3)13(15)17-8-18-14/h8-11,16H,4-7H2,1-3H3,(H,17,18,19). The van der Waals surface area contributed by atoms with Crippen LogP contribution in [0, 0.1) is 0 Å². The van der Waals surface area contributed by atoms with E-state index in [-0.39, 0.29) is 0 Å². The van der Waals surface area contributed by atoms with Gasteiger partial charge in [0, 0.05) is 13.1 Å². The zero-order valence-electron chi connectivity index (χ0n) is 12.3. The van der Waals surface area contributed by atoms with Crippen LogP contribution in [0.15, 0.2) is 6.33 Å².